The van der Waals surface area contributed by atoms with Gasteiger partial charge >= 0.3 is 0 Å². The van der Waals surface area contributed by atoms with Crippen molar-refractivity contribution in [3.63, 3.8) is 0 Å². The Labute approximate surface area is 93.9 Å². The molecule has 0 aromatic rings. The van der Waals surface area contributed by atoms with Gasteiger partial charge in [-0.25, -0.2) is 0 Å². The third-order valence-electron chi connectivity index (χ3n) is 2.37. The van der Waals surface area contributed by atoms with Crippen molar-refractivity contribution in [2.75, 3.05) is 60.2 Å². The van der Waals surface area contributed by atoms with Crippen LogP contribution >= 0.6 is 0 Å². The topological polar surface area (TPSA) is 33.7 Å². The Hall–Kier alpha value is -0.160. The van der Waals surface area contributed by atoms with Crippen molar-refractivity contribution in [2.24, 2.45) is 0 Å². The largest absolute Gasteiger partial charge is 0.385 e. The molecule has 0 unspecified atom stereocenters. The number of hydrogen-bond acceptors (Lipinski definition) is 4. The van der Waals surface area contributed by atoms with Crippen molar-refractivity contribution < 1.29 is 9.47 Å². The second-order valence-electron chi connectivity index (χ2n) is 3.52. The molecular formula is C11H26N2O2. The van der Waals surface area contributed by atoms with E-state index < -0.39 is 0 Å². The molecule has 0 saturated heterocycles. The normalized spacial score (nSPS) is 11.2. The predicted octanol–water partition coefficient (Wildman–Crippen LogP) is 0.581. The highest BCUT2D eigenvalue weighted by atomic mass is 16.5. The Balaban J connectivity index is 3.22. The zero-order valence-electron chi connectivity index (χ0n) is 10.4. The molecule has 0 atom stereocenters. The standard InChI is InChI=1S/C11H26N2O2/c1-4-13(9-11-15-3)8-7-12-6-5-10-14-2/h12H,4-11H2,1-3H3. The lowest BCUT2D eigenvalue weighted by molar-refractivity contribution is 0.150. The Morgan fingerprint density at radius 1 is 1.00 bits per heavy atom. The molecule has 15 heavy (non-hydrogen) atoms. The summed E-state index contributed by atoms with van der Waals surface area (Å²) in [6.45, 7) is 9.12. The Bertz CT molecular complexity index is 123. The average molecular weight is 218 g/mol. The molecule has 1 N–H and O–H groups in total. The van der Waals surface area contributed by atoms with Crippen molar-refractivity contribution in [2.45, 2.75) is 13.3 Å². The summed E-state index contributed by atoms with van der Waals surface area (Å²) in [6.07, 6.45) is 1.08. The third kappa shape index (κ3) is 10.1. The lowest BCUT2D eigenvalue weighted by Crippen LogP contribution is -2.34. The van der Waals surface area contributed by atoms with Crippen LogP contribution in [0, 0.1) is 0 Å². The van der Waals surface area contributed by atoms with Crippen LogP contribution in [0.1, 0.15) is 13.3 Å². The minimum Gasteiger partial charge on any atom is -0.385 e. The van der Waals surface area contributed by atoms with Gasteiger partial charge in [-0.1, -0.05) is 6.92 Å². The SMILES string of the molecule is CCN(CCNCCCOC)CCOC. The molecule has 0 rings (SSSR count). The molecule has 0 fully saturated rings. The highest BCUT2D eigenvalue weighted by Crippen LogP contribution is 1.86. The van der Waals surface area contributed by atoms with Gasteiger partial charge in [-0.05, 0) is 19.5 Å². The lowest BCUT2D eigenvalue weighted by Gasteiger charge is -2.19. The summed E-state index contributed by atoms with van der Waals surface area (Å²) in [7, 11) is 3.49. The van der Waals surface area contributed by atoms with E-state index in [0.29, 0.717) is 0 Å². The van der Waals surface area contributed by atoms with E-state index in [1.165, 1.54) is 0 Å². The van der Waals surface area contributed by atoms with Crippen LogP contribution in [-0.2, 0) is 9.47 Å². The number of rotatable bonds is 11. The van der Waals surface area contributed by atoms with E-state index in [1.807, 2.05) is 0 Å². The van der Waals surface area contributed by atoms with E-state index in [9.17, 15) is 0 Å². The number of methoxy groups -OCH3 is 2. The molecule has 4 nitrogen and oxygen atoms in total. The van der Waals surface area contributed by atoms with E-state index in [0.717, 1.165) is 52.4 Å². The van der Waals surface area contributed by atoms with Crippen molar-refractivity contribution >= 4 is 0 Å². The van der Waals surface area contributed by atoms with E-state index in [-0.39, 0.29) is 0 Å². The van der Waals surface area contributed by atoms with Crippen LogP contribution < -0.4 is 5.32 Å². The zero-order chi connectivity index (χ0) is 11.4. The van der Waals surface area contributed by atoms with Crippen molar-refractivity contribution in [1.82, 2.24) is 10.2 Å². The molecule has 0 radical (unpaired) electrons. The van der Waals surface area contributed by atoms with Crippen LogP contribution in [0.15, 0.2) is 0 Å². The van der Waals surface area contributed by atoms with Gasteiger partial charge in [0.05, 0.1) is 6.61 Å². The average Bonchev–Trinajstić information content (AvgIpc) is 2.27. The van der Waals surface area contributed by atoms with Gasteiger partial charge in [0.25, 0.3) is 0 Å². The minimum absolute atomic E-state index is 0.817. The molecule has 0 heterocycles. The Morgan fingerprint density at radius 3 is 2.33 bits per heavy atom. The van der Waals surface area contributed by atoms with E-state index in [4.69, 9.17) is 9.47 Å². The van der Waals surface area contributed by atoms with E-state index in [1.54, 1.807) is 14.2 Å². The maximum atomic E-state index is 5.05. The van der Waals surface area contributed by atoms with Crippen LogP contribution in [0.25, 0.3) is 0 Å². The molecule has 0 aliphatic rings. The molecule has 92 valence electrons. The molecule has 0 aliphatic carbocycles. The van der Waals surface area contributed by atoms with Crippen LogP contribution in [-0.4, -0.2) is 65.1 Å². The van der Waals surface area contributed by atoms with E-state index >= 15 is 0 Å². The smallest absolute Gasteiger partial charge is 0.0589 e. The summed E-state index contributed by atoms with van der Waals surface area (Å²) in [5.41, 5.74) is 0. The van der Waals surface area contributed by atoms with Crippen LogP contribution in [0.2, 0.25) is 0 Å². The predicted molar refractivity (Wildman–Crippen MR) is 63.4 cm³/mol. The monoisotopic (exact) mass is 218 g/mol. The molecule has 4 heteroatoms. The molecule has 0 bridgehead atoms. The number of nitrogens with one attached hydrogen (secondary N) is 1. The summed E-state index contributed by atoms with van der Waals surface area (Å²) in [5, 5.41) is 3.40. The summed E-state index contributed by atoms with van der Waals surface area (Å²) in [6, 6.07) is 0. The summed E-state index contributed by atoms with van der Waals surface area (Å²) >= 11 is 0. The molecule has 0 aliphatic heterocycles. The number of hydrogen-bond donors (Lipinski definition) is 1. The number of nitrogens with zero attached hydrogens (tertiary/aromatic N) is 1. The zero-order valence-corrected chi connectivity index (χ0v) is 10.4. The Morgan fingerprint density at radius 2 is 1.73 bits per heavy atom. The fraction of sp³-hybridized carbons (Fsp3) is 1.00. The van der Waals surface area contributed by atoms with Gasteiger partial charge in [0.15, 0.2) is 0 Å². The molecule has 0 spiro atoms. The minimum atomic E-state index is 0.817. The summed E-state index contributed by atoms with van der Waals surface area (Å²) < 4.78 is 10.0. The van der Waals surface area contributed by atoms with Crippen LogP contribution in [0.5, 0.6) is 0 Å². The molecule has 0 aromatic heterocycles. The first kappa shape index (κ1) is 14.8. The van der Waals surface area contributed by atoms with Crippen LogP contribution in [0.4, 0.5) is 0 Å². The molecular weight excluding hydrogens is 192 g/mol. The van der Waals surface area contributed by atoms with Gasteiger partial charge in [0.1, 0.15) is 0 Å². The molecule has 0 saturated carbocycles. The lowest BCUT2D eigenvalue weighted by atomic mass is 10.4. The first-order chi connectivity index (χ1) is 7.35. The maximum Gasteiger partial charge on any atom is 0.0589 e. The maximum absolute atomic E-state index is 5.05. The first-order valence-corrected chi connectivity index (χ1v) is 5.76. The fourth-order valence-electron chi connectivity index (χ4n) is 1.35. The van der Waals surface area contributed by atoms with Gasteiger partial charge in [0.2, 0.25) is 0 Å². The van der Waals surface area contributed by atoms with Crippen molar-refractivity contribution in [3.05, 3.63) is 0 Å². The van der Waals surface area contributed by atoms with E-state index in [2.05, 4.69) is 17.1 Å². The second kappa shape index (κ2) is 11.9. The Kier molecular flexibility index (Phi) is 11.8. The third-order valence-corrected chi connectivity index (χ3v) is 2.37. The highest BCUT2D eigenvalue weighted by Gasteiger charge is 2.00. The number of ether oxygens (including phenoxy) is 2. The quantitative estimate of drug-likeness (QED) is 0.514. The molecule has 0 amide bonds. The van der Waals surface area contributed by atoms with Gasteiger partial charge < -0.3 is 19.7 Å². The first-order valence-electron chi connectivity index (χ1n) is 5.76. The highest BCUT2D eigenvalue weighted by molar-refractivity contribution is 4.57. The fourth-order valence-corrected chi connectivity index (χ4v) is 1.35. The summed E-state index contributed by atoms with van der Waals surface area (Å²) in [4.78, 5) is 2.38. The van der Waals surface area contributed by atoms with Gasteiger partial charge in [-0.2, -0.15) is 0 Å². The molecule has 0 aromatic carbocycles. The van der Waals surface area contributed by atoms with Gasteiger partial charge in [-0.15, -0.1) is 0 Å². The van der Waals surface area contributed by atoms with Crippen molar-refractivity contribution in [1.29, 1.82) is 0 Å². The number of likely N-dealkylation sites (N-methyl/N-ethyl adjacent to an activating group) is 1. The van der Waals surface area contributed by atoms with Crippen molar-refractivity contribution in [3.8, 4) is 0 Å². The van der Waals surface area contributed by atoms with Crippen LogP contribution in [0.3, 0.4) is 0 Å². The summed E-state index contributed by atoms with van der Waals surface area (Å²) in [5.74, 6) is 0. The van der Waals surface area contributed by atoms with Gasteiger partial charge in [0, 0.05) is 40.5 Å². The van der Waals surface area contributed by atoms with Gasteiger partial charge in [-0.3, -0.25) is 0 Å². The second-order valence-corrected chi connectivity index (χ2v) is 3.52.